The van der Waals surface area contributed by atoms with Gasteiger partial charge in [-0.2, -0.15) is 5.26 Å². The van der Waals surface area contributed by atoms with E-state index in [9.17, 15) is 19.7 Å². The molecule has 0 amide bonds. The summed E-state index contributed by atoms with van der Waals surface area (Å²) in [5.74, 6) is -3.11. The third kappa shape index (κ3) is 4.66. The molecule has 0 saturated heterocycles. The SMILES string of the molecule is CCC1=C(C(=O)OCCC#N)C(c2cccc([N+](=O)[O-])c2)C(C(=O)OC)C(C)=N1. The minimum absolute atomic E-state index is 0.0185. The normalized spacial score (nSPS) is 18.5. The van der Waals surface area contributed by atoms with Gasteiger partial charge in [-0.25, -0.2) is 4.79 Å². The number of non-ortho nitro benzene ring substituents is 1. The molecule has 152 valence electrons. The fourth-order valence-corrected chi connectivity index (χ4v) is 3.34. The van der Waals surface area contributed by atoms with Crippen LogP contribution in [-0.4, -0.2) is 36.3 Å². The molecule has 1 aliphatic rings. The lowest BCUT2D eigenvalue weighted by molar-refractivity contribution is -0.384. The van der Waals surface area contributed by atoms with Crippen molar-refractivity contribution in [2.24, 2.45) is 10.9 Å². The summed E-state index contributed by atoms with van der Waals surface area (Å²) >= 11 is 0. The zero-order valence-corrected chi connectivity index (χ0v) is 16.4. The van der Waals surface area contributed by atoms with Crippen LogP contribution in [0.25, 0.3) is 0 Å². The Hall–Kier alpha value is -3.54. The van der Waals surface area contributed by atoms with Gasteiger partial charge in [0.15, 0.2) is 0 Å². The van der Waals surface area contributed by atoms with E-state index >= 15 is 0 Å². The summed E-state index contributed by atoms with van der Waals surface area (Å²) in [5.41, 5.74) is 1.26. The zero-order valence-electron chi connectivity index (χ0n) is 16.4. The summed E-state index contributed by atoms with van der Waals surface area (Å²) in [5, 5.41) is 19.9. The first-order chi connectivity index (χ1) is 13.8. The molecule has 9 heteroatoms. The Morgan fingerprint density at radius 3 is 2.69 bits per heavy atom. The summed E-state index contributed by atoms with van der Waals surface area (Å²) in [7, 11) is 1.23. The highest BCUT2D eigenvalue weighted by Crippen LogP contribution is 2.41. The van der Waals surface area contributed by atoms with Gasteiger partial charge in [-0.1, -0.05) is 19.1 Å². The Morgan fingerprint density at radius 1 is 1.38 bits per heavy atom. The number of rotatable bonds is 7. The van der Waals surface area contributed by atoms with Crippen molar-refractivity contribution in [1.82, 2.24) is 0 Å². The minimum atomic E-state index is -0.934. The van der Waals surface area contributed by atoms with Gasteiger partial charge in [0, 0.05) is 23.8 Å². The van der Waals surface area contributed by atoms with Gasteiger partial charge in [-0.3, -0.25) is 19.9 Å². The molecule has 0 saturated carbocycles. The van der Waals surface area contributed by atoms with Gasteiger partial charge in [0.1, 0.15) is 12.5 Å². The largest absolute Gasteiger partial charge is 0.468 e. The fourth-order valence-electron chi connectivity index (χ4n) is 3.34. The molecule has 9 nitrogen and oxygen atoms in total. The summed E-state index contributed by atoms with van der Waals surface area (Å²) in [6, 6.07) is 7.65. The van der Waals surface area contributed by atoms with Gasteiger partial charge in [0.25, 0.3) is 5.69 Å². The number of nitriles is 1. The number of carbonyl (C=O) groups excluding carboxylic acids is 2. The lowest BCUT2D eigenvalue weighted by Crippen LogP contribution is -2.36. The molecule has 2 atom stereocenters. The quantitative estimate of drug-likeness (QED) is 0.298. The Labute approximate surface area is 167 Å². The van der Waals surface area contributed by atoms with E-state index in [2.05, 4.69) is 4.99 Å². The van der Waals surface area contributed by atoms with Crippen molar-refractivity contribution in [2.75, 3.05) is 13.7 Å². The third-order valence-corrected chi connectivity index (χ3v) is 4.61. The van der Waals surface area contributed by atoms with Gasteiger partial charge in [-0.05, 0) is 18.9 Å². The van der Waals surface area contributed by atoms with E-state index in [1.54, 1.807) is 19.9 Å². The number of ether oxygens (including phenoxy) is 2. The zero-order chi connectivity index (χ0) is 21.6. The van der Waals surface area contributed by atoms with Crippen LogP contribution in [0.4, 0.5) is 5.69 Å². The van der Waals surface area contributed by atoms with Crippen LogP contribution in [0, 0.1) is 27.4 Å². The van der Waals surface area contributed by atoms with E-state index in [1.807, 2.05) is 6.07 Å². The van der Waals surface area contributed by atoms with E-state index in [1.165, 1.54) is 25.3 Å². The Bertz CT molecular complexity index is 928. The van der Waals surface area contributed by atoms with Crippen molar-refractivity contribution < 1.29 is 24.0 Å². The number of allylic oxidation sites excluding steroid dienone is 1. The molecule has 1 aromatic carbocycles. The Kier molecular flexibility index (Phi) is 7.20. The number of hydrogen-bond acceptors (Lipinski definition) is 8. The van der Waals surface area contributed by atoms with E-state index < -0.39 is 28.7 Å². The van der Waals surface area contributed by atoms with Crippen LogP contribution in [-0.2, 0) is 19.1 Å². The van der Waals surface area contributed by atoms with Crippen LogP contribution in [0.15, 0.2) is 40.5 Å². The van der Waals surface area contributed by atoms with Crippen LogP contribution in [0.5, 0.6) is 0 Å². The summed E-state index contributed by atoms with van der Waals surface area (Å²) in [6.45, 7) is 3.35. The van der Waals surface area contributed by atoms with Gasteiger partial charge in [0.05, 0.1) is 35.8 Å². The fraction of sp³-hybridized carbons (Fsp3) is 0.400. The molecular formula is C20H21N3O6. The highest BCUT2D eigenvalue weighted by molar-refractivity contribution is 6.07. The van der Waals surface area contributed by atoms with E-state index in [4.69, 9.17) is 14.7 Å². The number of carbonyl (C=O) groups is 2. The molecule has 1 heterocycles. The second kappa shape index (κ2) is 9.59. The van der Waals surface area contributed by atoms with Crippen molar-refractivity contribution >= 4 is 23.3 Å². The molecule has 0 aromatic heterocycles. The van der Waals surface area contributed by atoms with Gasteiger partial charge in [0.2, 0.25) is 0 Å². The number of nitrogens with zero attached hydrogens (tertiary/aromatic N) is 3. The average molecular weight is 399 g/mol. The highest BCUT2D eigenvalue weighted by Gasteiger charge is 2.43. The monoisotopic (exact) mass is 399 g/mol. The molecule has 0 N–H and O–H groups in total. The first-order valence-corrected chi connectivity index (χ1v) is 9.00. The predicted octanol–water partition coefficient (Wildman–Crippen LogP) is 3.06. The Balaban J connectivity index is 2.66. The topological polar surface area (TPSA) is 132 Å². The van der Waals surface area contributed by atoms with Crippen molar-refractivity contribution in [3.63, 3.8) is 0 Å². The van der Waals surface area contributed by atoms with Crippen molar-refractivity contribution in [3.8, 4) is 6.07 Å². The van der Waals surface area contributed by atoms with Crippen molar-refractivity contribution in [3.05, 3.63) is 51.2 Å². The number of nitro benzene ring substituents is 1. The molecule has 29 heavy (non-hydrogen) atoms. The molecule has 0 fully saturated rings. The number of methoxy groups -OCH3 is 1. The van der Waals surface area contributed by atoms with E-state index in [0.29, 0.717) is 23.4 Å². The van der Waals surface area contributed by atoms with Crippen LogP contribution in [0.2, 0.25) is 0 Å². The molecule has 0 radical (unpaired) electrons. The molecule has 0 aliphatic carbocycles. The predicted molar refractivity (Wildman–Crippen MR) is 103 cm³/mol. The van der Waals surface area contributed by atoms with Crippen LogP contribution < -0.4 is 0 Å². The Morgan fingerprint density at radius 2 is 2.10 bits per heavy atom. The first kappa shape index (κ1) is 21.8. The number of esters is 2. The summed E-state index contributed by atoms with van der Waals surface area (Å²) in [4.78, 5) is 40.5. The standard InChI is InChI=1S/C20H21N3O6/c1-4-15-18(20(25)29-10-6-9-21)17(16(12(2)22-15)19(24)28-3)13-7-5-8-14(11-13)23(26)27/h5,7-8,11,16-17H,4,6,10H2,1-3H3. The maximum absolute atomic E-state index is 12.9. The maximum atomic E-state index is 12.9. The molecule has 0 spiro atoms. The molecule has 1 aromatic rings. The molecule has 2 rings (SSSR count). The lowest BCUT2D eigenvalue weighted by atomic mass is 9.75. The molecular weight excluding hydrogens is 378 g/mol. The van der Waals surface area contributed by atoms with Gasteiger partial charge in [-0.15, -0.1) is 0 Å². The van der Waals surface area contributed by atoms with Crippen LogP contribution in [0.1, 0.15) is 38.2 Å². The number of benzene rings is 1. The molecule has 1 aliphatic heterocycles. The van der Waals surface area contributed by atoms with Crippen molar-refractivity contribution in [1.29, 1.82) is 5.26 Å². The van der Waals surface area contributed by atoms with E-state index in [0.717, 1.165) is 0 Å². The van der Waals surface area contributed by atoms with Gasteiger partial charge >= 0.3 is 11.9 Å². The summed E-state index contributed by atoms with van der Waals surface area (Å²) in [6.07, 6.45) is 0.407. The number of nitro groups is 1. The van der Waals surface area contributed by atoms with Gasteiger partial charge < -0.3 is 9.47 Å². The molecule has 2 unspecified atom stereocenters. The summed E-state index contributed by atoms with van der Waals surface area (Å²) < 4.78 is 10.1. The van der Waals surface area contributed by atoms with Crippen LogP contribution in [0.3, 0.4) is 0 Å². The van der Waals surface area contributed by atoms with E-state index in [-0.39, 0.29) is 24.3 Å². The first-order valence-electron chi connectivity index (χ1n) is 9.00. The minimum Gasteiger partial charge on any atom is -0.468 e. The second-order valence-electron chi connectivity index (χ2n) is 6.34. The third-order valence-electron chi connectivity index (χ3n) is 4.61. The molecule has 0 bridgehead atoms. The number of hydrogen-bond donors (Lipinski definition) is 0. The number of aliphatic imine (C=N–C) groups is 1. The average Bonchev–Trinajstić information content (AvgIpc) is 2.72. The highest BCUT2D eigenvalue weighted by atomic mass is 16.6. The smallest absolute Gasteiger partial charge is 0.336 e. The van der Waals surface area contributed by atoms with Crippen molar-refractivity contribution in [2.45, 2.75) is 32.6 Å². The maximum Gasteiger partial charge on any atom is 0.336 e. The second-order valence-corrected chi connectivity index (χ2v) is 6.34. The lowest BCUT2D eigenvalue weighted by Gasteiger charge is -2.31. The van der Waals surface area contributed by atoms with Crippen LogP contribution >= 0.6 is 0 Å².